The van der Waals surface area contributed by atoms with Crippen LogP contribution in [0.3, 0.4) is 0 Å². The molecule has 0 aromatic heterocycles. The maximum absolute atomic E-state index is 12.5. The molecule has 1 aromatic carbocycles. The monoisotopic (exact) mass is 274 g/mol. The molecule has 0 aliphatic carbocycles. The zero-order chi connectivity index (χ0) is 14.7. The minimum atomic E-state index is 0.260. The molecule has 1 heterocycles. The highest BCUT2D eigenvalue weighted by molar-refractivity contribution is 5.99. The molecular formula is C17H26N2O. The molecule has 0 N–H and O–H groups in total. The number of rotatable bonds is 4. The molecule has 0 saturated carbocycles. The van der Waals surface area contributed by atoms with Gasteiger partial charge in [-0.3, -0.25) is 9.69 Å². The van der Waals surface area contributed by atoms with E-state index in [-0.39, 0.29) is 5.78 Å². The molecule has 110 valence electrons. The fraction of sp³-hybridized carbons (Fsp3) is 0.588. The number of hydrogen-bond donors (Lipinski definition) is 0. The maximum Gasteiger partial charge on any atom is 0.177 e. The first-order chi connectivity index (χ1) is 9.51. The summed E-state index contributed by atoms with van der Waals surface area (Å²) in [6.07, 6.45) is 0. The van der Waals surface area contributed by atoms with E-state index in [1.54, 1.807) is 0 Å². The maximum atomic E-state index is 12.5. The highest BCUT2D eigenvalue weighted by Crippen LogP contribution is 2.16. The summed E-state index contributed by atoms with van der Waals surface area (Å²) < 4.78 is 0. The van der Waals surface area contributed by atoms with Crippen molar-refractivity contribution in [2.75, 3.05) is 39.3 Å². The average Bonchev–Trinajstić information content (AvgIpc) is 2.43. The van der Waals surface area contributed by atoms with Crippen LogP contribution in [0.5, 0.6) is 0 Å². The van der Waals surface area contributed by atoms with Crippen molar-refractivity contribution in [2.45, 2.75) is 27.7 Å². The number of hydrogen-bond acceptors (Lipinski definition) is 3. The third-order valence-electron chi connectivity index (χ3n) is 4.42. The second kappa shape index (κ2) is 6.51. The molecule has 3 heteroatoms. The zero-order valence-corrected chi connectivity index (χ0v) is 13.2. The van der Waals surface area contributed by atoms with Gasteiger partial charge in [0.2, 0.25) is 0 Å². The Balaban J connectivity index is 2.01. The number of piperazine rings is 1. The normalized spacial score (nSPS) is 17.4. The average molecular weight is 274 g/mol. The van der Waals surface area contributed by atoms with E-state index < -0.39 is 0 Å². The Bertz CT molecular complexity index is 488. The van der Waals surface area contributed by atoms with Crippen molar-refractivity contribution in [3.63, 3.8) is 0 Å². The number of nitrogens with zero attached hydrogens (tertiary/aromatic N) is 2. The van der Waals surface area contributed by atoms with Gasteiger partial charge in [0.1, 0.15) is 0 Å². The predicted octanol–water partition coefficient (Wildman–Crippen LogP) is 2.43. The third-order valence-corrected chi connectivity index (χ3v) is 4.42. The fourth-order valence-electron chi connectivity index (χ4n) is 2.81. The summed E-state index contributed by atoms with van der Waals surface area (Å²) in [6.45, 7) is 14.2. The summed E-state index contributed by atoms with van der Waals surface area (Å²) in [5, 5.41) is 0. The Labute approximate surface area is 122 Å². The first-order valence-electron chi connectivity index (χ1n) is 7.57. The molecule has 1 aliphatic rings. The van der Waals surface area contributed by atoms with Crippen LogP contribution < -0.4 is 0 Å². The number of likely N-dealkylation sites (N-methyl/N-ethyl adjacent to an activating group) is 1. The van der Waals surface area contributed by atoms with Crippen LogP contribution in [-0.4, -0.2) is 54.9 Å². The Morgan fingerprint density at radius 3 is 2.10 bits per heavy atom. The van der Waals surface area contributed by atoms with Crippen molar-refractivity contribution in [1.82, 2.24) is 9.80 Å². The van der Waals surface area contributed by atoms with Gasteiger partial charge in [-0.15, -0.1) is 0 Å². The van der Waals surface area contributed by atoms with E-state index in [0.717, 1.165) is 43.9 Å². The molecule has 0 amide bonds. The van der Waals surface area contributed by atoms with Crippen LogP contribution in [0.1, 0.15) is 34.0 Å². The molecule has 2 rings (SSSR count). The number of Topliss-reactive ketones (excluding diaryl/α,β-unsaturated/α-hetero) is 1. The number of ketones is 1. The Hall–Kier alpha value is -1.19. The predicted molar refractivity (Wildman–Crippen MR) is 83.5 cm³/mol. The van der Waals surface area contributed by atoms with E-state index in [9.17, 15) is 4.79 Å². The van der Waals surface area contributed by atoms with Gasteiger partial charge < -0.3 is 4.90 Å². The minimum absolute atomic E-state index is 0.260. The first kappa shape index (κ1) is 15.2. The smallest absolute Gasteiger partial charge is 0.177 e. The molecule has 1 aliphatic heterocycles. The molecule has 0 unspecified atom stereocenters. The van der Waals surface area contributed by atoms with E-state index in [4.69, 9.17) is 0 Å². The summed E-state index contributed by atoms with van der Waals surface area (Å²) in [5.41, 5.74) is 4.46. The molecule has 20 heavy (non-hydrogen) atoms. The van der Waals surface area contributed by atoms with Crippen LogP contribution in [0.25, 0.3) is 0 Å². The van der Waals surface area contributed by atoms with E-state index in [1.807, 2.05) is 6.92 Å². The Morgan fingerprint density at radius 1 is 0.950 bits per heavy atom. The van der Waals surface area contributed by atoms with Crippen molar-refractivity contribution >= 4 is 5.78 Å². The summed E-state index contributed by atoms with van der Waals surface area (Å²) in [5.74, 6) is 0.260. The quantitative estimate of drug-likeness (QED) is 0.788. The first-order valence-corrected chi connectivity index (χ1v) is 7.57. The van der Waals surface area contributed by atoms with Gasteiger partial charge in [-0.25, -0.2) is 0 Å². The summed E-state index contributed by atoms with van der Waals surface area (Å²) in [6, 6.07) is 4.17. The van der Waals surface area contributed by atoms with Gasteiger partial charge in [-0.05, 0) is 50.1 Å². The highest BCUT2D eigenvalue weighted by atomic mass is 16.1. The van der Waals surface area contributed by atoms with Crippen molar-refractivity contribution < 1.29 is 4.79 Å². The molecule has 1 fully saturated rings. The number of benzene rings is 1. The topological polar surface area (TPSA) is 23.6 Å². The SMILES string of the molecule is CCN1CCN(CC(=O)c2cc(C)c(C)cc2C)CC1. The fourth-order valence-corrected chi connectivity index (χ4v) is 2.81. The lowest BCUT2D eigenvalue weighted by Gasteiger charge is -2.33. The third kappa shape index (κ3) is 3.47. The van der Waals surface area contributed by atoms with Gasteiger partial charge in [-0.2, -0.15) is 0 Å². The molecule has 1 aromatic rings. The van der Waals surface area contributed by atoms with Gasteiger partial charge in [0.15, 0.2) is 5.78 Å². The molecule has 1 saturated heterocycles. The van der Waals surface area contributed by atoms with Gasteiger partial charge >= 0.3 is 0 Å². The van der Waals surface area contributed by atoms with Crippen LogP contribution >= 0.6 is 0 Å². The second-order valence-electron chi connectivity index (χ2n) is 5.88. The lowest BCUT2D eigenvalue weighted by molar-refractivity contribution is 0.0858. The van der Waals surface area contributed by atoms with Gasteiger partial charge in [-0.1, -0.05) is 13.0 Å². The highest BCUT2D eigenvalue weighted by Gasteiger charge is 2.19. The second-order valence-corrected chi connectivity index (χ2v) is 5.88. The van der Waals surface area contributed by atoms with Crippen molar-refractivity contribution in [1.29, 1.82) is 0 Å². The molecule has 0 atom stereocenters. The largest absolute Gasteiger partial charge is 0.301 e. The van der Waals surface area contributed by atoms with Crippen molar-refractivity contribution in [3.05, 3.63) is 34.4 Å². The summed E-state index contributed by atoms with van der Waals surface area (Å²) in [4.78, 5) is 17.2. The molecule has 0 spiro atoms. The number of aryl methyl sites for hydroxylation is 3. The van der Waals surface area contributed by atoms with E-state index in [2.05, 4.69) is 42.7 Å². The van der Waals surface area contributed by atoms with Crippen molar-refractivity contribution in [3.8, 4) is 0 Å². The van der Waals surface area contributed by atoms with Gasteiger partial charge in [0.25, 0.3) is 0 Å². The lowest BCUT2D eigenvalue weighted by atomic mass is 9.98. The molecule has 0 bridgehead atoms. The Kier molecular flexibility index (Phi) is 4.95. The van der Waals surface area contributed by atoms with Crippen LogP contribution in [0.4, 0.5) is 0 Å². The molecule has 3 nitrogen and oxygen atoms in total. The summed E-state index contributed by atoms with van der Waals surface area (Å²) >= 11 is 0. The molecular weight excluding hydrogens is 248 g/mol. The zero-order valence-electron chi connectivity index (χ0n) is 13.2. The van der Waals surface area contributed by atoms with Crippen LogP contribution in [0, 0.1) is 20.8 Å². The van der Waals surface area contributed by atoms with Crippen LogP contribution in [0.15, 0.2) is 12.1 Å². The van der Waals surface area contributed by atoms with Gasteiger partial charge in [0, 0.05) is 31.7 Å². The van der Waals surface area contributed by atoms with Crippen LogP contribution in [-0.2, 0) is 0 Å². The summed E-state index contributed by atoms with van der Waals surface area (Å²) in [7, 11) is 0. The van der Waals surface area contributed by atoms with E-state index in [1.165, 1.54) is 11.1 Å². The van der Waals surface area contributed by atoms with E-state index >= 15 is 0 Å². The Morgan fingerprint density at radius 2 is 1.50 bits per heavy atom. The standard InChI is InChI=1S/C17H26N2O/c1-5-18-6-8-19(9-7-18)12-17(20)16-11-14(3)13(2)10-15(16)4/h10-11H,5-9,12H2,1-4H3. The number of carbonyl (C=O) groups is 1. The lowest BCUT2D eigenvalue weighted by Crippen LogP contribution is -2.47. The van der Waals surface area contributed by atoms with Crippen LogP contribution in [0.2, 0.25) is 0 Å². The van der Waals surface area contributed by atoms with Crippen molar-refractivity contribution in [2.24, 2.45) is 0 Å². The van der Waals surface area contributed by atoms with E-state index in [0.29, 0.717) is 6.54 Å². The minimum Gasteiger partial charge on any atom is -0.301 e. The number of carbonyl (C=O) groups excluding carboxylic acids is 1. The molecule has 0 radical (unpaired) electrons. The van der Waals surface area contributed by atoms with Gasteiger partial charge in [0.05, 0.1) is 6.54 Å².